The van der Waals surface area contributed by atoms with Crippen molar-refractivity contribution in [1.82, 2.24) is 0 Å². The number of nitrogens with one attached hydrogen (secondary N) is 1. The van der Waals surface area contributed by atoms with Crippen molar-refractivity contribution in [2.24, 2.45) is 0 Å². The molecule has 0 saturated carbocycles. The van der Waals surface area contributed by atoms with Crippen molar-refractivity contribution in [3.63, 3.8) is 0 Å². The number of carbonyl (C=O) groups is 1. The molecule has 0 radical (unpaired) electrons. The topological polar surface area (TPSA) is 29.1 Å². The monoisotopic (exact) mass is 397 g/mol. The van der Waals surface area contributed by atoms with Crippen molar-refractivity contribution in [3.05, 3.63) is 108 Å². The maximum atomic E-state index is 13.3. The molecular weight excluding hydrogens is 374 g/mol. The van der Waals surface area contributed by atoms with Crippen molar-refractivity contribution in [2.45, 2.75) is 24.0 Å². The summed E-state index contributed by atoms with van der Waals surface area (Å²) < 4.78 is 0. The SMILES string of the molecule is Cc1ccc(C)c(NC(=O)[C@H](Sc2ccc3ccccc3c2)c2ccccc2)c1. The van der Waals surface area contributed by atoms with Crippen molar-refractivity contribution in [2.75, 3.05) is 5.32 Å². The second-order valence-electron chi connectivity index (χ2n) is 7.23. The van der Waals surface area contributed by atoms with Gasteiger partial charge in [0.15, 0.2) is 0 Å². The average Bonchev–Trinajstić information content (AvgIpc) is 2.75. The van der Waals surface area contributed by atoms with Gasteiger partial charge in [-0.25, -0.2) is 0 Å². The predicted molar refractivity (Wildman–Crippen MR) is 124 cm³/mol. The molecule has 1 atom stereocenters. The van der Waals surface area contributed by atoms with Gasteiger partial charge in [0.25, 0.3) is 0 Å². The van der Waals surface area contributed by atoms with Crippen LogP contribution in [0.4, 0.5) is 5.69 Å². The van der Waals surface area contributed by atoms with Crippen molar-refractivity contribution >= 4 is 34.1 Å². The van der Waals surface area contributed by atoms with Crippen LogP contribution in [0.1, 0.15) is 21.9 Å². The molecule has 29 heavy (non-hydrogen) atoms. The zero-order chi connectivity index (χ0) is 20.2. The summed E-state index contributed by atoms with van der Waals surface area (Å²) in [7, 11) is 0. The van der Waals surface area contributed by atoms with Crippen LogP contribution < -0.4 is 5.32 Å². The van der Waals surface area contributed by atoms with E-state index in [4.69, 9.17) is 0 Å². The van der Waals surface area contributed by atoms with E-state index >= 15 is 0 Å². The summed E-state index contributed by atoms with van der Waals surface area (Å²) in [6, 6.07) is 30.7. The lowest BCUT2D eigenvalue weighted by molar-refractivity contribution is -0.115. The highest BCUT2D eigenvalue weighted by Gasteiger charge is 2.22. The molecule has 0 fully saturated rings. The summed E-state index contributed by atoms with van der Waals surface area (Å²) in [5, 5.41) is 5.19. The molecule has 0 bridgehead atoms. The number of amides is 1. The second-order valence-corrected chi connectivity index (χ2v) is 8.40. The molecule has 3 heteroatoms. The van der Waals surface area contributed by atoms with E-state index in [-0.39, 0.29) is 11.2 Å². The van der Waals surface area contributed by atoms with Gasteiger partial charge in [-0.15, -0.1) is 11.8 Å². The highest BCUT2D eigenvalue weighted by Crippen LogP contribution is 2.37. The van der Waals surface area contributed by atoms with Gasteiger partial charge in [0.1, 0.15) is 5.25 Å². The molecule has 144 valence electrons. The number of carbonyl (C=O) groups excluding carboxylic acids is 1. The Morgan fingerprint density at radius 1 is 0.793 bits per heavy atom. The Balaban J connectivity index is 1.65. The van der Waals surface area contributed by atoms with E-state index in [1.165, 1.54) is 10.8 Å². The van der Waals surface area contributed by atoms with Gasteiger partial charge >= 0.3 is 0 Å². The first-order valence-corrected chi connectivity index (χ1v) is 10.6. The highest BCUT2D eigenvalue weighted by molar-refractivity contribution is 8.00. The Bertz CT molecular complexity index is 1150. The molecule has 1 amide bonds. The smallest absolute Gasteiger partial charge is 0.242 e. The fourth-order valence-electron chi connectivity index (χ4n) is 3.35. The fourth-order valence-corrected chi connectivity index (χ4v) is 4.42. The quantitative estimate of drug-likeness (QED) is 0.370. The molecule has 4 aromatic carbocycles. The Hall–Kier alpha value is -3.04. The van der Waals surface area contributed by atoms with Gasteiger partial charge in [0, 0.05) is 10.6 Å². The van der Waals surface area contributed by atoms with E-state index in [1.807, 2.05) is 68.4 Å². The van der Waals surface area contributed by atoms with Gasteiger partial charge in [-0.2, -0.15) is 0 Å². The molecule has 2 nitrogen and oxygen atoms in total. The molecule has 0 aliphatic heterocycles. The van der Waals surface area contributed by atoms with Crippen LogP contribution in [0.3, 0.4) is 0 Å². The number of aryl methyl sites for hydroxylation is 2. The molecule has 4 aromatic rings. The van der Waals surface area contributed by atoms with Crippen LogP contribution in [0, 0.1) is 13.8 Å². The van der Waals surface area contributed by atoms with Gasteiger partial charge in [0.2, 0.25) is 5.91 Å². The third kappa shape index (κ3) is 4.52. The van der Waals surface area contributed by atoms with Crippen molar-refractivity contribution in [3.8, 4) is 0 Å². The largest absolute Gasteiger partial charge is 0.325 e. The zero-order valence-electron chi connectivity index (χ0n) is 16.6. The third-order valence-corrected chi connectivity index (χ3v) is 6.21. The van der Waals surface area contributed by atoms with Gasteiger partial charge in [-0.3, -0.25) is 4.79 Å². The van der Waals surface area contributed by atoms with Crippen LogP contribution in [0.15, 0.2) is 95.9 Å². The molecule has 0 heterocycles. The number of rotatable bonds is 5. The van der Waals surface area contributed by atoms with Crippen molar-refractivity contribution < 1.29 is 4.79 Å². The number of benzene rings is 4. The van der Waals surface area contributed by atoms with Gasteiger partial charge < -0.3 is 5.32 Å². The van der Waals surface area contributed by atoms with E-state index in [9.17, 15) is 4.79 Å². The minimum atomic E-state index is -0.336. The first-order chi connectivity index (χ1) is 14.1. The molecule has 0 saturated heterocycles. The Morgan fingerprint density at radius 3 is 2.31 bits per heavy atom. The molecule has 1 N–H and O–H groups in total. The number of thioether (sulfide) groups is 1. The average molecular weight is 398 g/mol. The Labute approximate surface area is 176 Å². The van der Waals surface area contributed by atoms with Crippen LogP contribution in [0.2, 0.25) is 0 Å². The van der Waals surface area contributed by atoms with E-state index in [0.717, 1.165) is 27.3 Å². The summed E-state index contributed by atoms with van der Waals surface area (Å²) in [5.74, 6) is -0.0111. The van der Waals surface area contributed by atoms with Crippen LogP contribution in [-0.4, -0.2) is 5.91 Å². The van der Waals surface area contributed by atoms with Gasteiger partial charge in [-0.05, 0) is 59.5 Å². The summed E-state index contributed by atoms with van der Waals surface area (Å²) in [6.45, 7) is 4.05. The van der Waals surface area contributed by atoms with Crippen LogP contribution in [-0.2, 0) is 4.79 Å². The maximum absolute atomic E-state index is 13.3. The molecule has 4 rings (SSSR count). The van der Waals surface area contributed by atoms with E-state index in [1.54, 1.807) is 11.8 Å². The Morgan fingerprint density at radius 2 is 1.52 bits per heavy atom. The maximum Gasteiger partial charge on any atom is 0.242 e. The van der Waals surface area contributed by atoms with Gasteiger partial charge in [0.05, 0.1) is 0 Å². The number of hydrogen-bond acceptors (Lipinski definition) is 2. The minimum absolute atomic E-state index is 0.0111. The standard InChI is InChI=1S/C26H23NOS/c1-18-12-13-19(2)24(16-18)27-26(28)25(21-9-4-3-5-10-21)29-23-15-14-20-8-6-7-11-22(20)17-23/h3-17,25H,1-2H3,(H,27,28)/t25-/m1/s1. The van der Waals surface area contributed by atoms with Crippen LogP contribution in [0.25, 0.3) is 10.8 Å². The molecule has 0 spiro atoms. The summed E-state index contributed by atoms with van der Waals surface area (Å²) in [5.41, 5.74) is 4.05. The summed E-state index contributed by atoms with van der Waals surface area (Å²) >= 11 is 1.58. The van der Waals surface area contributed by atoms with E-state index in [0.29, 0.717) is 0 Å². The third-order valence-electron chi connectivity index (χ3n) is 4.97. The molecular formula is C26H23NOS. The molecule has 0 aromatic heterocycles. The molecule has 0 aliphatic rings. The van der Waals surface area contributed by atoms with Gasteiger partial charge in [-0.1, -0.05) is 72.8 Å². The summed E-state index contributed by atoms with van der Waals surface area (Å²) in [6.07, 6.45) is 0. The minimum Gasteiger partial charge on any atom is -0.325 e. The normalized spacial score (nSPS) is 11.9. The lowest BCUT2D eigenvalue weighted by atomic mass is 10.1. The van der Waals surface area contributed by atoms with Crippen LogP contribution >= 0.6 is 11.8 Å². The van der Waals surface area contributed by atoms with Crippen LogP contribution in [0.5, 0.6) is 0 Å². The number of anilines is 1. The fraction of sp³-hybridized carbons (Fsp3) is 0.115. The second kappa shape index (κ2) is 8.54. The zero-order valence-corrected chi connectivity index (χ0v) is 17.4. The molecule has 0 aliphatic carbocycles. The lowest BCUT2D eigenvalue weighted by Gasteiger charge is -2.18. The summed E-state index contributed by atoms with van der Waals surface area (Å²) in [4.78, 5) is 14.4. The lowest BCUT2D eigenvalue weighted by Crippen LogP contribution is -2.19. The van der Waals surface area contributed by atoms with E-state index in [2.05, 4.69) is 41.7 Å². The first-order valence-electron chi connectivity index (χ1n) is 9.69. The highest BCUT2D eigenvalue weighted by atomic mass is 32.2. The Kier molecular flexibility index (Phi) is 5.68. The molecule has 0 unspecified atom stereocenters. The number of fused-ring (bicyclic) bond motifs is 1. The number of hydrogen-bond donors (Lipinski definition) is 1. The predicted octanol–water partition coefficient (Wildman–Crippen LogP) is 6.93. The first kappa shape index (κ1) is 19.3. The van der Waals surface area contributed by atoms with Crippen molar-refractivity contribution in [1.29, 1.82) is 0 Å². The van der Waals surface area contributed by atoms with E-state index < -0.39 is 0 Å².